The van der Waals surface area contributed by atoms with E-state index in [1.165, 1.54) is 96.4 Å². The van der Waals surface area contributed by atoms with Crippen molar-refractivity contribution < 1.29 is 0 Å². The van der Waals surface area contributed by atoms with Gasteiger partial charge in [-0.1, -0.05) is 76.9 Å². The molecule has 0 aliphatic carbocycles. The number of allylic oxidation sites excluding steroid dienone is 2. The largest absolute Gasteiger partial charge is 0.361 e. The monoisotopic (exact) mass is 356 g/mol. The van der Waals surface area contributed by atoms with Crippen LogP contribution in [0.4, 0.5) is 0 Å². The molecule has 0 aromatic carbocycles. The van der Waals surface area contributed by atoms with Crippen molar-refractivity contribution in [1.29, 1.82) is 0 Å². The lowest BCUT2D eigenvalue weighted by Crippen LogP contribution is -2.20. The molecule has 0 spiro atoms. The predicted octanol–water partition coefficient (Wildman–Crippen LogP) is 6.79. The SMILES string of the molecule is CCCCCCCC/C=C\CCCCCCCCN1C=NCC1.Cl. The second kappa shape index (κ2) is 18.8. The Hall–Kier alpha value is -0.500. The van der Waals surface area contributed by atoms with Crippen molar-refractivity contribution in [3.05, 3.63) is 12.2 Å². The highest BCUT2D eigenvalue weighted by Crippen LogP contribution is 2.10. The van der Waals surface area contributed by atoms with E-state index in [1.807, 2.05) is 6.34 Å². The van der Waals surface area contributed by atoms with E-state index < -0.39 is 0 Å². The molecule has 0 amide bonds. The van der Waals surface area contributed by atoms with Gasteiger partial charge in [-0.3, -0.25) is 4.99 Å². The van der Waals surface area contributed by atoms with E-state index in [2.05, 4.69) is 29.0 Å². The third kappa shape index (κ3) is 15.1. The maximum absolute atomic E-state index is 4.25. The Kier molecular flexibility index (Phi) is 18.4. The third-order valence-electron chi connectivity index (χ3n) is 4.72. The van der Waals surface area contributed by atoms with Crippen LogP contribution in [-0.4, -0.2) is 30.9 Å². The van der Waals surface area contributed by atoms with E-state index in [0.29, 0.717) is 0 Å². The molecular weight excluding hydrogens is 316 g/mol. The molecule has 24 heavy (non-hydrogen) atoms. The molecule has 1 aliphatic rings. The van der Waals surface area contributed by atoms with Gasteiger partial charge in [0.1, 0.15) is 0 Å². The summed E-state index contributed by atoms with van der Waals surface area (Å²) in [4.78, 5) is 6.61. The molecule has 1 aliphatic heterocycles. The van der Waals surface area contributed by atoms with Crippen LogP contribution < -0.4 is 0 Å². The molecule has 2 nitrogen and oxygen atoms in total. The summed E-state index contributed by atoms with van der Waals surface area (Å²) in [5.41, 5.74) is 0. The van der Waals surface area contributed by atoms with Gasteiger partial charge in [0.15, 0.2) is 0 Å². The molecule has 0 radical (unpaired) electrons. The van der Waals surface area contributed by atoms with Crippen molar-refractivity contribution >= 4 is 18.7 Å². The fourth-order valence-electron chi connectivity index (χ4n) is 3.15. The van der Waals surface area contributed by atoms with Gasteiger partial charge in [-0.2, -0.15) is 0 Å². The van der Waals surface area contributed by atoms with Crippen molar-refractivity contribution in [2.75, 3.05) is 19.6 Å². The maximum atomic E-state index is 4.25. The number of hydrogen-bond donors (Lipinski definition) is 0. The minimum absolute atomic E-state index is 0. The highest BCUT2D eigenvalue weighted by atomic mass is 35.5. The molecule has 0 atom stereocenters. The average Bonchev–Trinajstić information content (AvgIpc) is 3.08. The van der Waals surface area contributed by atoms with Gasteiger partial charge < -0.3 is 4.90 Å². The summed E-state index contributed by atoms with van der Waals surface area (Å²) in [5, 5.41) is 0. The van der Waals surface area contributed by atoms with Gasteiger partial charge in [-0.25, -0.2) is 0 Å². The lowest BCUT2D eigenvalue weighted by Gasteiger charge is -2.12. The molecular formula is C21H41ClN2. The summed E-state index contributed by atoms with van der Waals surface area (Å²) in [7, 11) is 0. The van der Waals surface area contributed by atoms with Gasteiger partial charge in [0, 0.05) is 13.1 Å². The van der Waals surface area contributed by atoms with E-state index >= 15 is 0 Å². The Morgan fingerprint density at radius 1 is 0.792 bits per heavy atom. The van der Waals surface area contributed by atoms with Crippen LogP contribution in [0.5, 0.6) is 0 Å². The van der Waals surface area contributed by atoms with E-state index in [1.54, 1.807) is 0 Å². The Morgan fingerprint density at radius 2 is 1.33 bits per heavy atom. The molecule has 0 fully saturated rings. The molecule has 1 heterocycles. The van der Waals surface area contributed by atoms with Crippen molar-refractivity contribution in [1.82, 2.24) is 4.90 Å². The Balaban J connectivity index is 0.00000529. The van der Waals surface area contributed by atoms with Crippen LogP contribution in [-0.2, 0) is 0 Å². The molecule has 0 bridgehead atoms. The molecule has 0 aromatic rings. The third-order valence-corrected chi connectivity index (χ3v) is 4.72. The zero-order valence-electron chi connectivity index (χ0n) is 16.1. The first-order valence-corrected chi connectivity index (χ1v) is 10.3. The number of rotatable bonds is 16. The number of unbranched alkanes of at least 4 members (excludes halogenated alkanes) is 12. The second-order valence-corrected chi connectivity index (χ2v) is 7.00. The van der Waals surface area contributed by atoms with Gasteiger partial charge in [0.2, 0.25) is 0 Å². The smallest absolute Gasteiger partial charge is 0.0851 e. The first kappa shape index (κ1) is 23.5. The molecule has 0 saturated heterocycles. The first-order valence-electron chi connectivity index (χ1n) is 10.3. The number of aliphatic imine (C=N–C) groups is 1. The number of hydrogen-bond acceptors (Lipinski definition) is 2. The lowest BCUT2D eigenvalue weighted by molar-refractivity contribution is 0.439. The quantitative estimate of drug-likeness (QED) is 0.219. The summed E-state index contributed by atoms with van der Waals surface area (Å²) in [6.07, 6.45) is 26.2. The maximum Gasteiger partial charge on any atom is 0.0851 e. The van der Waals surface area contributed by atoms with E-state index in [4.69, 9.17) is 0 Å². The molecule has 0 saturated carbocycles. The summed E-state index contributed by atoms with van der Waals surface area (Å²) in [5.74, 6) is 0. The Morgan fingerprint density at radius 3 is 1.88 bits per heavy atom. The van der Waals surface area contributed by atoms with Crippen LogP contribution in [0, 0.1) is 0 Å². The van der Waals surface area contributed by atoms with Crippen molar-refractivity contribution in [3.63, 3.8) is 0 Å². The second-order valence-electron chi connectivity index (χ2n) is 7.00. The van der Waals surface area contributed by atoms with Crippen molar-refractivity contribution in [2.45, 2.75) is 96.8 Å². The molecule has 0 N–H and O–H groups in total. The standard InChI is InChI=1S/C21H40N2.ClH/c1-2-3-4-5-6-7-8-9-10-11-12-13-14-15-16-17-19-23-20-18-22-21-23;/h9-10,21H,2-8,11-20H2,1H3;1H/b10-9-;. The highest BCUT2D eigenvalue weighted by Gasteiger charge is 2.03. The summed E-state index contributed by atoms with van der Waals surface area (Å²) in [6.45, 7) is 5.65. The molecule has 1 rings (SSSR count). The van der Waals surface area contributed by atoms with E-state index in [-0.39, 0.29) is 12.4 Å². The van der Waals surface area contributed by atoms with Crippen LogP contribution in [0.1, 0.15) is 96.8 Å². The van der Waals surface area contributed by atoms with Crippen LogP contribution in [0.25, 0.3) is 0 Å². The van der Waals surface area contributed by atoms with Gasteiger partial charge >= 0.3 is 0 Å². The van der Waals surface area contributed by atoms with Crippen LogP contribution >= 0.6 is 12.4 Å². The minimum atomic E-state index is 0. The van der Waals surface area contributed by atoms with Gasteiger partial charge in [-0.15, -0.1) is 12.4 Å². The van der Waals surface area contributed by atoms with E-state index in [9.17, 15) is 0 Å². The zero-order valence-corrected chi connectivity index (χ0v) is 16.9. The summed E-state index contributed by atoms with van der Waals surface area (Å²) in [6, 6.07) is 0. The number of halogens is 1. The fourth-order valence-corrected chi connectivity index (χ4v) is 3.15. The van der Waals surface area contributed by atoms with Crippen LogP contribution in [0.3, 0.4) is 0 Å². The Bertz CT molecular complexity index is 302. The first-order chi connectivity index (χ1) is 11.4. The summed E-state index contributed by atoms with van der Waals surface area (Å²) >= 11 is 0. The molecule has 0 unspecified atom stereocenters. The van der Waals surface area contributed by atoms with Gasteiger partial charge in [-0.05, 0) is 32.1 Å². The Labute approximate surface area is 157 Å². The van der Waals surface area contributed by atoms with Gasteiger partial charge in [0.25, 0.3) is 0 Å². The van der Waals surface area contributed by atoms with Crippen molar-refractivity contribution in [3.8, 4) is 0 Å². The highest BCUT2D eigenvalue weighted by molar-refractivity contribution is 5.85. The molecule has 3 heteroatoms. The molecule has 0 aromatic heterocycles. The normalized spacial score (nSPS) is 13.8. The van der Waals surface area contributed by atoms with E-state index in [0.717, 1.165) is 13.1 Å². The molecule has 142 valence electrons. The van der Waals surface area contributed by atoms with Crippen LogP contribution in [0.15, 0.2) is 17.1 Å². The minimum Gasteiger partial charge on any atom is -0.361 e. The summed E-state index contributed by atoms with van der Waals surface area (Å²) < 4.78 is 0. The van der Waals surface area contributed by atoms with Gasteiger partial charge in [0.05, 0.1) is 12.9 Å². The topological polar surface area (TPSA) is 15.6 Å². The average molecular weight is 357 g/mol. The lowest BCUT2D eigenvalue weighted by atomic mass is 10.1. The zero-order chi connectivity index (χ0) is 16.4. The fraction of sp³-hybridized carbons (Fsp3) is 0.857. The number of nitrogens with zero attached hydrogens (tertiary/aromatic N) is 2. The van der Waals surface area contributed by atoms with Crippen LogP contribution in [0.2, 0.25) is 0 Å². The van der Waals surface area contributed by atoms with Crippen molar-refractivity contribution in [2.24, 2.45) is 4.99 Å². The predicted molar refractivity (Wildman–Crippen MR) is 112 cm³/mol.